The van der Waals surface area contributed by atoms with Crippen LogP contribution in [0, 0.1) is 0 Å². The van der Waals surface area contributed by atoms with Gasteiger partial charge >= 0.3 is 0 Å². The van der Waals surface area contributed by atoms with Crippen LogP contribution in [0.2, 0.25) is 0 Å². The second kappa shape index (κ2) is 8.46. The van der Waals surface area contributed by atoms with E-state index in [-0.39, 0.29) is 37.0 Å². The number of nitrogens with zero attached hydrogens (tertiary/aromatic N) is 1. The van der Waals surface area contributed by atoms with Crippen LogP contribution in [0.15, 0.2) is 24.3 Å². The molecule has 1 aromatic carbocycles. The lowest BCUT2D eigenvalue weighted by atomic mass is 10.1. The van der Waals surface area contributed by atoms with Crippen molar-refractivity contribution in [3.8, 4) is 0 Å². The van der Waals surface area contributed by atoms with Gasteiger partial charge in [-0.3, -0.25) is 19.3 Å². The van der Waals surface area contributed by atoms with Gasteiger partial charge in [0, 0.05) is 31.5 Å². The van der Waals surface area contributed by atoms with Crippen LogP contribution in [0.3, 0.4) is 0 Å². The summed E-state index contributed by atoms with van der Waals surface area (Å²) in [7, 11) is 0. The van der Waals surface area contributed by atoms with Gasteiger partial charge < -0.3 is 5.32 Å². The van der Waals surface area contributed by atoms with Crippen molar-refractivity contribution >= 4 is 23.3 Å². The van der Waals surface area contributed by atoms with Crippen LogP contribution in [-0.4, -0.2) is 35.6 Å². The van der Waals surface area contributed by atoms with E-state index in [1.165, 1.54) is 5.56 Å². The molecule has 1 aromatic rings. The van der Waals surface area contributed by atoms with Crippen LogP contribution in [-0.2, 0) is 20.8 Å². The smallest absolute Gasteiger partial charge is 0.230 e. The Morgan fingerprint density at radius 3 is 2.35 bits per heavy atom. The number of aryl methyl sites for hydroxylation is 1. The average molecular weight is 316 g/mol. The van der Waals surface area contributed by atoms with Gasteiger partial charge in [0.15, 0.2) is 5.78 Å². The fraction of sp³-hybridized carbons (Fsp3) is 0.500. The second-order valence-corrected chi connectivity index (χ2v) is 5.85. The zero-order chi connectivity index (χ0) is 16.7. The third-order valence-electron chi connectivity index (χ3n) is 4.06. The summed E-state index contributed by atoms with van der Waals surface area (Å²) in [5, 5.41) is 3.33. The Balaban J connectivity index is 1.60. The molecule has 23 heavy (non-hydrogen) atoms. The van der Waals surface area contributed by atoms with Gasteiger partial charge in [-0.1, -0.05) is 19.1 Å². The summed E-state index contributed by atoms with van der Waals surface area (Å²) >= 11 is 0. The minimum atomic E-state index is -0.222. The van der Waals surface area contributed by atoms with Crippen molar-refractivity contribution in [2.24, 2.45) is 0 Å². The van der Waals surface area contributed by atoms with E-state index in [0.717, 1.165) is 36.4 Å². The van der Waals surface area contributed by atoms with Gasteiger partial charge in [0.25, 0.3) is 0 Å². The van der Waals surface area contributed by atoms with Crippen LogP contribution in [0.1, 0.15) is 44.6 Å². The largest absolute Gasteiger partial charge is 0.385 e. The predicted molar refractivity (Wildman–Crippen MR) is 89.1 cm³/mol. The van der Waals surface area contributed by atoms with E-state index in [0.29, 0.717) is 6.42 Å². The Morgan fingerprint density at radius 1 is 1.09 bits per heavy atom. The molecule has 5 nitrogen and oxygen atoms in total. The van der Waals surface area contributed by atoms with Crippen molar-refractivity contribution in [3.63, 3.8) is 0 Å². The Hall–Kier alpha value is -2.17. The molecular weight excluding hydrogens is 292 g/mol. The highest BCUT2D eigenvalue weighted by Gasteiger charge is 2.29. The van der Waals surface area contributed by atoms with E-state index >= 15 is 0 Å². The number of carbonyl (C=O) groups is 3. The maximum absolute atomic E-state index is 11.8. The highest BCUT2D eigenvalue weighted by atomic mass is 16.2. The SMILES string of the molecule is CCc1ccc(NCCCCC(=O)CN2C(=O)CCC2=O)cc1. The molecular formula is C18H24N2O3. The molecule has 2 amide bonds. The molecule has 0 aromatic heterocycles. The first-order valence-electron chi connectivity index (χ1n) is 8.28. The van der Waals surface area contributed by atoms with Gasteiger partial charge in [-0.05, 0) is 37.0 Å². The number of hydrogen-bond acceptors (Lipinski definition) is 4. The maximum Gasteiger partial charge on any atom is 0.230 e. The first-order valence-corrected chi connectivity index (χ1v) is 8.28. The number of anilines is 1. The average Bonchev–Trinajstić information content (AvgIpc) is 2.87. The van der Waals surface area contributed by atoms with Crippen molar-refractivity contribution in [1.29, 1.82) is 0 Å². The molecule has 2 rings (SSSR count). The molecule has 1 fully saturated rings. The number of imide groups is 1. The third-order valence-corrected chi connectivity index (χ3v) is 4.06. The highest BCUT2D eigenvalue weighted by molar-refractivity contribution is 6.04. The number of carbonyl (C=O) groups excluding carboxylic acids is 3. The first-order chi connectivity index (χ1) is 11.1. The number of Topliss-reactive ketones (excluding diaryl/α,β-unsaturated/α-hetero) is 1. The van der Waals surface area contributed by atoms with Crippen LogP contribution >= 0.6 is 0 Å². The van der Waals surface area contributed by atoms with E-state index in [4.69, 9.17) is 0 Å². The van der Waals surface area contributed by atoms with Gasteiger partial charge in [0.2, 0.25) is 11.8 Å². The number of unbranched alkanes of at least 4 members (excludes halogenated alkanes) is 1. The number of benzene rings is 1. The Bertz CT molecular complexity index is 550. The van der Waals surface area contributed by atoms with Crippen LogP contribution in [0.25, 0.3) is 0 Å². The standard InChI is InChI=1S/C18H24N2O3/c1-2-14-6-8-15(9-7-14)19-12-4-3-5-16(21)13-20-17(22)10-11-18(20)23/h6-9,19H,2-5,10-13H2,1H3. The van der Waals surface area contributed by atoms with Crippen molar-refractivity contribution in [2.75, 3.05) is 18.4 Å². The molecule has 0 unspecified atom stereocenters. The third kappa shape index (κ3) is 5.20. The summed E-state index contributed by atoms with van der Waals surface area (Å²) in [5.74, 6) is -0.484. The fourth-order valence-corrected chi connectivity index (χ4v) is 2.59. The molecule has 5 heteroatoms. The summed E-state index contributed by atoms with van der Waals surface area (Å²) in [6.45, 7) is 2.88. The van der Waals surface area contributed by atoms with E-state index in [1.54, 1.807) is 0 Å². The topological polar surface area (TPSA) is 66.5 Å². The molecule has 0 spiro atoms. The fourth-order valence-electron chi connectivity index (χ4n) is 2.59. The van der Waals surface area contributed by atoms with Crippen LogP contribution in [0.4, 0.5) is 5.69 Å². The first kappa shape index (κ1) is 17.2. The monoisotopic (exact) mass is 316 g/mol. The van der Waals surface area contributed by atoms with Crippen molar-refractivity contribution in [3.05, 3.63) is 29.8 Å². The maximum atomic E-state index is 11.8. The molecule has 0 saturated carbocycles. The van der Waals surface area contributed by atoms with Gasteiger partial charge in [0.1, 0.15) is 0 Å². The predicted octanol–water partition coefficient (Wildman–Crippen LogP) is 2.55. The van der Waals surface area contributed by atoms with E-state index < -0.39 is 0 Å². The molecule has 1 aliphatic rings. The van der Waals surface area contributed by atoms with E-state index in [9.17, 15) is 14.4 Å². The lowest BCUT2D eigenvalue weighted by molar-refractivity contribution is -0.141. The molecule has 1 N–H and O–H groups in total. The van der Waals surface area contributed by atoms with E-state index in [1.807, 2.05) is 0 Å². The Labute approximate surface area is 137 Å². The van der Waals surface area contributed by atoms with Crippen molar-refractivity contribution in [2.45, 2.75) is 45.4 Å². The van der Waals surface area contributed by atoms with Crippen molar-refractivity contribution in [1.82, 2.24) is 4.90 Å². The number of ketones is 1. The zero-order valence-corrected chi connectivity index (χ0v) is 13.6. The lowest BCUT2D eigenvalue weighted by Crippen LogP contribution is -2.34. The van der Waals surface area contributed by atoms with Crippen molar-refractivity contribution < 1.29 is 14.4 Å². The summed E-state index contributed by atoms with van der Waals surface area (Å²) in [4.78, 5) is 35.8. The normalized spacial score (nSPS) is 14.4. The molecule has 0 atom stereocenters. The second-order valence-electron chi connectivity index (χ2n) is 5.85. The summed E-state index contributed by atoms with van der Waals surface area (Å²) in [6.07, 6.45) is 3.57. The molecule has 0 radical (unpaired) electrons. The molecule has 0 bridgehead atoms. The number of rotatable bonds is 9. The number of amides is 2. The summed E-state index contributed by atoms with van der Waals surface area (Å²) in [5.41, 5.74) is 2.40. The van der Waals surface area contributed by atoms with Gasteiger partial charge in [-0.25, -0.2) is 0 Å². The molecule has 1 aliphatic heterocycles. The Kier molecular flexibility index (Phi) is 6.32. The highest BCUT2D eigenvalue weighted by Crippen LogP contribution is 2.13. The lowest BCUT2D eigenvalue weighted by Gasteiger charge is -2.12. The van der Waals surface area contributed by atoms with Gasteiger partial charge in [-0.2, -0.15) is 0 Å². The van der Waals surface area contributed by atoms with E-state index in [2.05, 4.69) is 36.5 Å². The van der Waals surface area contributed by atoms with Gasteiger partial charge in [-0.15, -0.1) is 0 Å². The molecule has 1 saturated heterocycles. The number of likely N-dealkylation sites (tertiary alicyclic amines) is 1. The number of nitrogens with one attached hydrogen (secondary N) is 1. The summed E-state index contributed by atoms with van der Waals surface area (Å²) < 4.78 is 0. The van der Waals surface area contributed by atoms with Crippen LogP contribution in [0.5, 0.6) is 0 Å². The Morgan fingerprint density at radius 2 is 1.74 bits per heavy atom. The summed E-state index contributed by atoms with van der Waals surface area (Å²) in [6, 6.07) is 8.34. The number of hydrogen-bond donors (Lipinski definition) is 1. The van der Waals surface area contributed by atoms with Gasteiger partial charge in [0.05, 0.1) is 6.54 Å². The molecule has 0 aliphatic carbocycles. The minimum Gasteiger partial charge on any atom is -0.385 e. The zero-order valence-electron chi connectivity index (χ0n) is 13.6. The molecule has 124 valence electrons. The molecule has 1 heterocycles. The quantitative estimate of drug-likeness (QED) is 0.561. The minimum absolute atomic E-state index is 0.0408. The van der Waals surface area contributed by atoms with Crippen LogP contribution < -0.4 is 5.32 Å².